The van der Waals surface area contributed by atoms with Gasteiger partial charge in [0.05, 0.1) is 0 Å². The molecule has 0 aliphatic heterocycles. The van der Waals surface area contributed by atoms with Gasteiger partial charge in [0.25, 0.3) is 0 Å². The Bertz CT molecular complexity index is 249. The highest BCUT2D eigenvalue weighted by Crippen LogP contribution is 2.37. The van der Waals surface area contributed by atoms with Crippen LogP contribution in [-0.2, 0) is 0 Å². The third kappa shape index (κ3) is 6.33. The predicted molar refractivity (Wildman–Crippen MR) is 94.6 cm³/mol. The second-order valence-corrected chi connectivity index (χ2v) is 8.24. The second-order valence-electron chi connectivity index (χ2n) is 8.24. The maximum atomic E-state index is 2.40. The minimum atomic E-state index is 1.05. The lowest BCUT2D eigenvalue weighted by Crippen LogP contribution is -2.17. The highest BCUT2D eigenvalue weighted by atomic mass is 14.3. The molecule has 0 bridgehead atoms. The van der Waals surface area contributed by atoms with Crippen LogP contribution in [0.5, 0.6) is 0 Å². The summed E-state index contributed by atoms with van der Waals surface area (Å²) in [5.74, 6) is 4.27. The average Bonchev–Trinajstić information content (AvgIpc) is 2.53. The van der Waals surface area contributed by atoms with Gasteiger partial charge in [0.1, 0.15) is 0 Å². The molecule has 0 heteroatoms. The Labute approximate surface area is 134 Å². The molecule has 124 valence electrons. The van der Waals surface area contributed by atoms with Gasteiger partial charge in [-0.2, -0.15) is 0 Å². The lowest BCUT2D eigenvalue weighted by atomic mass is 9.75. The van der Waals surface area contributed by atoms with Gasteiger partial charge >= 0.3 is 0 Å². The maximum Gasteiger partial charge on any atom is -0.0411 e. The zero-order valence-corrected chi connectivity index (χ0v) is 14.9. The molecule has 2 fully saturated rings. The van der Waals surface area contributed by atoms with E-state index >= 15 is 0 Å². The highest BCUT2D eigenvalue weighted by Gasteiger charge is 2.23. The summed E-state index contributed by atoms with van der Waals surface area (Å²) in [6.07, 6.45) is 22.8. The van der Waals surface area contributed by atoms with E-state index in [4.69, 9.17) is 0 Å². The molecular formula is C21H40. The molecule has 2 aliphatic rings. The van der Waals surface area contributed by atoms with Crippen LogP contribution in [0.1, 0.15) is 110 Å². The van der Waals surface area contributed by atoms with E-state index in [2.05, 4.69) is 13.8 Å². The van der Waals surface area contributed by atoms with Crippen LogP contribution in [0.4, 0.5) is 0 Å². The first-order valence-corrected chi connectivity index (χ1v) is 10.3. The molecule has 2 unspecified atom stereocenters. The minimum Gasteiger partial charge on any atom is -0.0651 e. The molecule has 0 amide bonds. The molecule has 0 aromatic rings. The summed E-state index contributed by atoms with van der Waals surface area (Å²) >= 11 is 0. The third-order valence-electron chi connectivity index (χ3n) is 6.74. The fourth-order valence-electron chi connectivity index (χ4n) is 5.02. The molecule has 2 aliphatic carbocycles. The first kappa shape index (κ1) is 17.4. The monoisotopic (exact) mass is 292 g/mol. The van der Waals surface area contributed by atoms with E-state index in [-0.39, 0.29) is 0 Å². The minimum absolute atomic E-state index is 1.05. The number of rotatable bonds is 4. The van der Waals surface area contributed by atoms with Crippen molar-refractivity contribution in [1.82, 2.24) is 0 Å². The lowest BCUT2D eigenvalue weighted by molar-refractivity contribution is 0.214. The van der Waals surface area contributed by atoms with Gasteiger partial charge in [0.15, 0.2) is 0 Å². The molecule has 2 saturated carbocycles. The van der Waals surface area contributed by atoms with E-state index in [0.717, 1.165) is 23.7 Å². The van der Waals surface area contributed by atoms with E-state index in [1.807, 2.05) is 0 Å². The van der Waals surface area contributed by atoms with Crippen molar-refractivity contribution in [2.24, 2.45) is 23.7 Å². The van der Waals surface area contributed by atoms with Gasteiger partial charge in [-0.25, -0.2) is 0 Å². The van der Waals surface area contributed by atoms with E-state index in [1.165, 1.54) is 64.2 Å². The highest BCUT2D eigenvalue weighted by molar-refractivity contribution is 4.75. The van der Waals surface area contributed by atoms with Gasteiger partial charge in [-0.15, -0.1) is 0 Å². The molecule has 2 atom stereocenters. The zero-order chi connectivity index (χ0) is 14.9. The fraction of sp³-hybridized carbons (Fsp3) is 1.00. The van der Waals surface area contributed by atoms with Crippen LogP contribution < -0.4 is 0 Å². The van der Waals surface area contributed by atoms with Crippen LogP contribution in [0.2, 0.25) is 0 Å². The van der Waals surface area contributed by atoms with Gasteiger partial charge in [0.2, 0.25) is 0 Å². The van der Waals surface area contributed by atoms with Crippen LogP contribution in [0, 0.1) is 23.7 Å². The number of hydrogen-bond acceptors (Lipinski definition) is 0. The molecule has 21 heavy (non-hydrogen) atoms. The first-order valence-electron chi connectivity index (χ1n) is 10.3. The van der Waals surface area contributed by atoms with Gasteiger partial charge in [0, 0.05) is 0 Å². The first-order chi connectivity index (χ1) is 10.3. The fourth-order valence-corrected chi connectivity index (χ4v) is 5.02. The maximum absolute atomic E-state index is 2.40. The molecule has 0 heterocycles. The van der Waals surface area contributed by atoms with Crippen molar-refractivity contribution in [3.05, 3.63) is 0 Å². The number of hydrogen-bond donors (Lipinski definition) is 0. The largest absolute Gasteiger partial charge is 0.0651 e. The van der Waals surface area contributed by atoms with Gasteiger partial charge in [-0.1, -0.05) is 104 Å². The summed E-state index contributed by atoms with van der Waals surface area (Å²) in [7, 11) is 0. The second kappa shape index (κ2) is 9.90. The molecule has 0 aromatic heterocycles. The van der Waals surface area contributed by atoms with Crippen LogP contribution in [0.3, 0.4) is 0 Å². The molecular weight excluding hydrogens is 252 g/mol. The van der Waals surface area contributed by atoms with E-state index < -0.39 is 0 Å². The average molecular weight is 293 g/mol. The third-order valence-corrected chi connectivity index (χ3v) is 6.74. The molecule has 0 radical (unpaired) electrons. The molecule has 0 saturated heterocycles. The lowest BCUT2D eigenvalue weighted by Gasteiger charge is -2.31. The van der Waals surface area contributed by atoms with Crippen LogP contribution >= 0.6 is 0 Å². The summed E-state index contributed by atoms with van der Waals surface area (Å²) in [6.45, 7) is 4.79. The van der Waals surface area contributed by atoms with Crippen molar-refractivity contribution in [3.8, 4) is 0 Å². The van der Waals surface area contributed by atoms with Crippen molar-refractivity contribution in [3.63, 3.8) is 0 Å². The van der Waals surface area contributed by atoms with Crippen LogP contribution in [0.15, 0.2) is 0 Å². The Morgan fingerprint density at radius 2 is 0.905 bits per heavy atom. The van der Waals surface area contributed by atoms with Gasteiger partial charge in [-0.3, -0.25) is 0 Å². The van der Waals surface area contributed by atoms with Gasteiger partial charge in [-0.05, 0) is 30.1 Å². The topological polar surface area (TPSA) is 0 Å². The summed E-state index contributed by atoms with van der Waals surface area (Å²) in [5, 5.41) is 0. The predicted octanol–water partition coefficient (Wildman–Crippen LogP) is 7.37. The van der Waals surface area contributed by atoms with Crippen molar-refractivity contribution in [2.75, 3.05) is 0 Å². The Morgan fingerprint density at radius 1 is 0.476 bits per heavy atom. The van der Waals surface area contributed by atoms with E-state index in [0.29, 0.717) is 0 Å². The SMILES string of the molecule is CCC1CCCCCC(CC2CCC(CC)CC2)CCC1. The van der Waals surface area contributed by atoms with Crippen LogP contribution in [0.25, 0.3) is 0 Å². The molecule has 0 aromatic carbocycles. The molecule has 0 spiro atoms. The summed E-state index contributed by atoms with van der Waals surface area (Å²) in [6, 6.07) is 0. The van der Waals surface area contributed by atoms with E-state index in [1.54, 1.807) is 32.1 Å². The van der Waals surface area contributed by atoms with Crippen molar-refractivity contribution in [1.29, 1.82) is 0 Å². The normalized spacial score (nSPS) is 36.3. The Kier molecular flexibility index (Phi) is 8.19. The summed E-state index contributed by atoms with van der Waals surface area (Å²) in [5.41, 5.74) is 0. The smallest absolute Gasteiger partial charge is 0.0411 e. The Morgan fingerprint density at radius 3 is 1.57 bits per heavy atom. The van der Waals surface area contributed by atoms with Crippen molar-refractivity contribution < 1.29 is 0 Å². The quantitative estimate of drug-likeness (QED) is 0.507. The van der Waals surface area contributed by atoms with E-state index in [9.17, 15) is 0 Å². The zero-order valence-electron chi connectivity index (χ0n) is 14.9. The molecule has 0 nitrogen and oxygen atoms in total. The van der Waals surface area contributed by atoms with Gasteiger partial charge < -0.3 is 0 Å². The summed E-state index contributed by atoms with van der Waals surface area (Å²) in [4.78, 5) is 0. The van der Waals surface area contributed by atoms with Crippen molar-refractivity contribution >= 4 is 0 Å². The van der Waals surface area contributed by atoms with Crippen LogP contribution in [-0.4, -0.2) is 0 Å². The Balaban J connectivity index is 1.73. The molecule has 2 rings (SSSR count). The standard InChI is InChI=1S/C21H40/c1-3-18-9-6-5-7-10-20(12-8-11-18)17-21-15-13-19(4-2)14-16-21/h18-21H,3-17H2,1-2H3. The Hall–Kier alpha value is 0. The summed E-state index contributed by atoms with van der Waals surface area (Å²) < 4.78 is 0. The van der Waals surface area contributed by atoms with Crippen molar-refractivity contribution in [2.45, 2.75) is 110 Å². The molecule has 0 N–H and O–H groups in total.